The van der Waals surface area contributed by atoms with E-state index in [0.717, 1.165) is 0 Å². The summed E-state index contributed by atoms with van der Waals surface area (Å²) in [5.41, 5.74) is 0. The quantitative estimate of drug-likeness (QED) is 0.425. The Morgan fingerprint density at radius 3 is 1.10 bits per heavy atom. The molecule has 3 N–H and O–H groups in total. The van der Waals surface area contributed by atoms with Gasteiger partial charge in [0.05, 0.1) is 0 Å². The Morgan fingerprint density at radius 2 is 1.10 bits per heavy atom. The molecule has 0 aliphatic carbocycles. The van der Waals surface area contributed by atoms with E-state index < -0.39 is 24.0 Å². The Labute approximate surface area is 130 Å². The average molecular weight is 422 g/mol. The fourth-order valence-electron chi connectivity index (χ4n) is 0. The van der Waals surface area contributed by atoms with Crippen molar-refractivity contribution in [1.29, 1.82) is 0 Å². The monoisotopic (exact) mass is 423 g/mol. The zero-order valence-corrected chi connectivity index (χ0v) is 12.0. The minimum Gasteiger partial charge on any atom is 0 e. The predicted octanol–water partition coefficient (Wildman–Crippen LogP) is -1.17. The molecule has 0 aromatic heterocycles. The van der Waals surface area contributed by atoms with Crippen LogP contribution in [0.25, 0.3) is 0 Å². The number of rotatable bonds is 0. The Bertz CT molecular complexity index is 115. The molecule has 0 aromatic rings. The van der Waals surface area contributed by atoms with Gasteiger partial charge in [-0.3, -0.25) is 0 Å². The van der Waals surface area contributed by atoms with Gasteiger partial charge in [-0.2, -0.15) is 0 Å². The van der Waals surface area contributed by atoms with Crippen LogP contribution in [0.4, 0.5) is 0 Å². The molecule has 0 heterocycles. The molecule has 0 aromatic carbocycles. The van der Waals surface area contributed by atoms with Gasteiger partial charge < -0.3 is 14.7 Å². The topological polar surface area (TPSA) is 112 Å². The van der Waals surface area contributed by atoms with E-state index >= 15 is 0 Å². The van der Waals surface area contributed by atoms with Gasteiger partial charge in [0, 0.05) is 82.1 Å². The first-order valence-corrected chi connectivity index (χ1v) is 3.85. The molecule has 0 aliphatic heterocycles. The summed E-state index contributed by atoms with van der Waals surface area (Å²) in [7, 11) is -4.64. The third-order valence-electron chi connectivity index (χ3n) is 0. The van der Waals surface area contributed by atoms with E-state index in [1.54, 1.807) is 0 Å². The molecule has 59 valence electrons. The van der Waals surface area contributed by atoms with Gasteiger partial charge in [0.1, 0.15) is 0 Å². The number of hydrogen-bond acceptors (Lipinski definition) is 3. The maximum Gasteiger partial charge on any atom is 0 e. The molecule has 0 atom stereocenters. The molecule has 0 saturated heterocycles. The van der Waals surface area contributed by atoms with Gasteiger partial charge in [-0.15, -0.1) is 0 Å². The third kappa shape index (κ3) is 123. The van der Waals surface area contributed by atoms with Crippen LogP contribution in [0.3, 0.4) is 0 Å². The maximum atomic E-state index is 8.88. The molecule has 10 heavy (non-hydrogen) atoms. The number of phosphoric acid groups is 1. The molecule has 0 unspecified atom stereocenters. The minimum absolute atomic E-state index is 0. The van der Waals surface area contributed by atoms with Crippen LogP contribution in [-0.2, 0) is 60.8 Å². The molecule has 0 amide bonds. The van der Waals surface area contributed by atoms with Gasteiger partial charge in [0.2, 0.25) is 0 Å². The van der Waals surface area contributed by atoms with E-state index in [9.17, 15) is 0 Å². The van der Waals surface area contributed by atoms with Crippen LogP contribution in [0, 0.1) is 49.4 Å². The van der Waals surface area contributed by atoms with E-state index in [1.165, 1.54) is 0 Å². The van der Waals surface area contributed by atoms with E-state index in [1.807, 2.05) is 0 Å². The van der Waals surface area contributed by atoms with Crippen molar-refractivity contribution in [1.82, 2.24) is 0 Å². The fraction of sp³-hybridized carbons (Fsp3) is 0. The summed E-state index contributed by atoms with van der Waals surface area (Å²) in [5.74, 6) is 0. The molecular weight excluding hydrogens is 419 g/mol. The van der Waals surface area contributed by atoms with Crippen molar-refractivity contribution >= 4 is 7.82 Å². The Morgan fingerprint density at radius 1 is 1.10 bits per heavy atom. The second kappa shape index (κ2) is 14.5. The standard InChI is InChI=1S/Eu.H3O4P.2O.V.Y/c;1-5(2,3)4;;;;/h;(H3,1,2,3,4);;;;. The SMILES string of the molecule is O=P(O)(O)O.[Eu].[O]=[V]=[O].[Y]. The van der Waals surface area contributed by atoms with E-state index in [0.29, 0.717) is 0 Å². The molecular formula is H3EuO6PVY. The first kappa shape index (κ1) is 23.1. The van der Waals surface area contributed by atoms with Gasteiger partial charge in [-0.1, -0.05) is 0 Å². The summed E-state index contributed by atoms with van der Waals surface area (Å²) in [6.07, 6.45) is 0. The molecule has 6 nitrogen and oxygen atoms in total. The first-order valence-electron chi connectivity index (χ1n) is 1.15. The molecule has 0 aliphatic rings. The van der Waals surface area contributed by atoms with Crippen molar-refractivity contribution in [2.24, 2.45) is 0 Å². The van der Waals surface area contributed by atoms with Gasteiger partial charge >= 0.3 is 31.4 Å². The van der Waals surface area contributed by atoms with Gasteiger partial charge in [0.25, 0.3) is 0 Å². The summed E-state index contributed by atoms with van der Waals surface area (Å²) in [6.45, 7) is 0. The molecule has 0 saturated carbocycles. The van der Waals surface area contributed by atoms with Crippen LogP contribution in [-0.4, -0.2) is 14.7 Å². The first-order chi connectivity index (χ1) is 3.41. The molecule has 0 bridgehead atoms. The van der Waals surface area contributed by atoms with Gasteiger partial charge in [-0.05, 0) is 0 Å². The summed E-state index contributed by atoms with van der Waals surface area (Å²) >= 11 is -1.81. The largest absolute Gasteiger partial charge is 0 e. The van der Waals surface area contributed by atoms with Crippen molar-refractivity contribution in [2.45, 2.75) is 0 Å². The van der Waals surface area contributed by atoms with Crippen molar-refractivity contribution < 1.29 is 125 Å². The maximum absolute atomic E-state index is 8.88. The minimum atomic E-state index is -4.64. The van der Waals surface area contributed by atoms with Crippen LogP contribution in [0.2, 0.25) is 0 Å². The van der Waals surface area contributed by atoms with Gasteiger partial charge in [0.15, 0.2) is 0 Å². The molecule has 2 radical (unpaired) electrons. The summed E-state index contributed by atoms with van der Waals surface area (Å²) < 4.78 is 25.8. The second-order valence-electron chi connectivity index (χ2n) is 0.588. The van der Waals surface area contributed by atoms with Crippen molar-refractivity contribution in [3.05, 3.63) is 0 Å². The van der Waals surface area contributed by atoms with Crippen LogP contribution in [0.5, 0.6) is 0 Å². The summed E-state index contributed by atoms with van der Waals surface area (Å²) in [5, 5.41) is 0. The van der Waals surface area contributed by atoms with Crippen LogP contribution >= 0.6 is 7.82 Å². The molecule has 0 fully saturated rings. The molecule has 10 heteroatoms. The van der Waals surface area contributed by atoms with Crippen LogP contribution < -0.4 is 0 Å². The van der Waals surface area contributed by atoms with Crippen molar-refractivity contribution in [3.63, 3.8) is 0 Å². The van der Waals surface area contributed by atoms with E-state index in [-0.39, 0.29) is 82.1 Å². The zero-order valence-electron chi connectivity index (χ0n) is 4.42. The molecule has 0 rings (SSSR count). The molecule has 0 spiro atoms. The predicted molar refractivity (Wildman–Crippen MR) is 15.6 cm³/mol. The van der Waals surface area contributed by atoms with E-state index in [4.69, 9.17) is 26.6 Å². The smallest absolute Gasteiger partial charge is 0 e. The van der Waals surface area contributed by atoms with Crippen LogP contribution in [0.1, 0.15) is 0 Å². The average Bonchev–Trinajstić information content (AvgIpc) is 1.27. The van der Waals surface area contributed by atoms with Crippen LogP contribution in [0.15, 0.2) is 0 Å². The Kier molecular flexibility index (Phi) is 33.5. The Balaban J connectivity index is -0.0000000326. The van der Waals surface area contributed by atoms with Crippen molar-refractivity contribution in [2.75, 3.05) is 0 Å². The third-order valence-corrected chi connectivity index (χ3v) is 0. The zero-order chi connectivity index (χ0) is 7.21. The van der Waals surface area contributed by atoms with Crippen molar-refractivity contribution in [3.8, 4) is 0 Å². The number of hydrogen-bond donors (Lipinski definition) is 3. The summed E-state index contributed by atoms with van der Waals surface area (Å²) in [6, 6.07) is 0. The Hall–Kier alpha value is 2.98. The summed E-state index contributed by atoms with van der Waals surface area (Å²) in [4.78, 5) is 21.6. The normalized spacial score (nSPS) is 6.70. The van der Waals surface area contributed by atoms with E-state index in [2.05, 4.69) is 0 Å². The fourth-order valence-corrected chi connectivity index (χ4v) is 0. The second-order valence-corrected chi connectivity index (χ2v) is 1.85. The van der Waals surface area contributed by atoms with Gasteiger partial charge in [-0.25, -0.2) is 4.57 Å².